The van der Waals surface area contributed by atoms with E-state index in [-0.39, 0.29) is 11.3 Å². The zero-order valence-electron chi connectivity index (χ0n) is 14.2. The predicted molar refractivity (Wildman–Crippen MR) is 91.1 cm³/mol. The van der Waals surface area contributed by atoms with Crippen molar-refractivity contribution in [1.82, 2.24) is 4.90 Å². The number of likely N-dealkylation sites (tertiary alicyclic amines) is 1. The van der Waals surface area contributed by atoms with Gasteiger partial charge in [0.05, 0.1) is 7.11 Å². The van der Waals surface area contributed by atoms with Gasteiger partial charge in [-0.15, -0.1) is 0 Å². The summed E-state index contributed by atoms with van der Waals surface area (Å²) in [7, 11) is 3.90. The number of ether oxygens (including phenoxy) is 1. The second kappa shape index (κ2) is 5.52. The van der Waals surface area contributed by atoms with E-state index < -0.39 is 0 Å². The topological polar surface area (TPSA) is 32.8 Å². The summed E-state index contributed by atoms with van der Waals surface area (Å²) in [5.74, 6) is 1.50. The average Bonchev–Trinajstić information content (AvgIpc) is 2.83. The third-order valence-electron chi connectivity index (χ3n) is 6.19. The van der Waals surface area contributed by atoms with Gasteiger partial charge in [-0.3, -0.25) is 4.79 Å². The zero-order chi connectivity index (χ0) is 16.0. The molecule has 4 nitrogen and oxygen atoms in total. The number of hydrogen-bond donors (Lipinski definition) is 0. The van der Waals surface area contributed by atoms with Crippen LogP contribution in [0.3, 0.4) is 0 Å². The molecule has 2 fully saturated rings. The summed E-state index contributed by atoms with van der Waals surface area (Å²) in [5.41, 5.74) is 2.58. The van der Waals surface area contributed by atoms with Crippen molar-refractivity contribution in [3.63, 3.8) is 0 Å². The second-order valence-corrected chi connectivity index (χ2v) is 7.52. The molecule has 1 spiro atoms. The molecule has 1 aromatic rings. The molecular formula is C19H26N2O2. The molecule has 0 N–H and O–H groups in total. The summed E-state index contributed by atoms with van der Waals surface area (Å²) in [6.45, 7) is 3.06. The maximum Gasteiger partial charge on any atom is 0.230 e. The first-order chi connectivity index (χ1) is 11.1. The van der Waals surface area contributed by atoms with Gasteiger partial charge < -0.3 is 14.5 Å². The number of methoxy groups -OCH3 is 1. The van der Waals surface area contributed by atoms with Crippen molar-refractivity contribution in [2.75, 3.05) is 38.7 Å². The van der Waals surface area contributed by atoms with E-state index in [9.17, 15) is 4.79 Å². The van der Waals surface area contributed by atoms with E-state index in [0.717, 1.165) is 56.8 Å². The van der Waals surface area contributed by atoms with Gasteiger partial charge in [-0.1, -0.05) is 6.42 Å². The highest BCUT2D eigenvalue weighted by molar-refractivity contribution is 5.98. The number of nitrogens with zero attached hydrogens (tertiary/aromatic N) is 2. The van der Waals surface area contributed by atoms with Gasteiger partial charge in [0.1, 0.15) is 5.75 Å². The second-order valence-electron chi connectivity index (χ2n) is 7.52. The molecule has 0 atom stereocenters. The van der Waals surface area contributed by atoms with Gasteiger partial charge in [-0.2, -0.15) is 0 Å². The minimum Gasteiger partial charge on any atom is -0.497 e. The van der Waals surface area contributed by atoms with Gasteiger partial charge in [0.15, 0.2) is 0 Å². The maximum atomic E-state index is 12.9. The van der Waals surface area contributed by atoms with E-state index in [4.69, 9.17) is 4.74 Å². The lowest BCUT2D eigenvalue weighted by Crippen LogP contribution is -2.46. The number of hydrogen-bond acceptors (Lipinski definition) is 3. The van der Waals surface area contributed by atoms with E-state index in [1.165, 1.54) is 12.0 Å². The fourth-order valence-electron chi connectivity index (χ4n) is 4.32. The first-order valence-corrected chi connectivity index (χ1v) is 8.81. The normalized spacial score (nSPS) is 23.7. The molecule has 1 aliphatic carbocycles. The van der Waals surface area contributed by atoms with Gasteiger partial charge in [0.2, 0.25) is 5.91 Å². The maximum absolute atomic E-state index is 12.9. The Hall–Kier alpha value is -1.55. The van der Waals surface area contributed by atoms with Crippen molar-refractivity contribution < 1.29 is 9.53 Å². The van der Waals surface area contributed by atoms with Gasteiger partial charge in [-0.05, 0) is 69.6 Å². The Kier molecular flexibility index (Phi) is 3.60. The van der Waals surface area contributed by atoms with Crippen LogP contribution in [0.25, 0.3) is 0 Å². The summed E-state index contributed by atoms with van der Waals surface area (Å²) in [6, 6.07) is 6.26. The number of benzene rings is 1. The Morgan fingerprint density at radius 1 is 1.26 bits per heavy atom. The molecule has 23 heavy (non-hydrogen) atoms. The predicted octanol–water partition coefficient (Wildman–Crippen LogP) is 2.81. The monoisotopic (exact) mass is 314 g/mol. The molecule has 1 saturated carbocycles. The van der Waals surface area contributed by atoms with Crippen LogP contribution < -0.4 is 9.64 Å². The molecule has 4 rings (SSSR count). The highest BCUT2D eigenvalue weighted by Crippen LogP contribution is 2.49. The first-order valence-electron chi connectivity index (χ1n) is 8.81. The Morgan fingerprint density at radius 2 is 2.00 bits per heavy atom. The lowest BCUT2D eigenvalue weighted by atomic mass is 9.74. The summed E-state index contributed by atoms with van der Waals surface area (Å²) < 4.78 is 5.46. The molecule has 0 aromatic heterocycles. The molecule has 0 radical (unpaired) electrons. The molecule has 124 valence electrons. The molecule has 4 heteroatoms. The number of rotatable bonds is 2. The summed E-state index contributed by atoms with van der Waals surface area (Å²) >= 11 is 0. The van der Waals surface area contributed by atoms with Crippen molar-refractivity contribution in [3.8, 4) is 5.75 Å². The van der Waals surface area contributed by atoms with Crippen molar-refractivity contribution in [1.29, 1.82) is 0 Å². The van der Waals surface area contributed by atoms with Crippen LogP contribution in [-0.4, -0.2) is 44.6 Å². The van der Waals surface area contributed by atoms with Crippen molar-refractivity contribution in [2.24, 2.45) is 5.92 Å². The van der Waals surface area contributed by atoms with Gasteiger partial charge in [0, 0.05) is 23.6 Å². The number of carbonyl (C=O) groups is 1. The molecule has 3 aliphatic rings. The molecule has 2 heterocycles. The Bertz CT molecular complexity index is 616. The average molecular weight is 314 g/mol. The molecule has 2 aliphatic heterocycles. The van der Waals surface area contributed by atoms with Crippen LogP contribution in [0.15, 0.2) is 18.2 Å². The lowest BCUT2D eigenvalue weighted by molar-refractivity contribution is -0.124. The quantitative estimate of drug-likeness (QED) is 0.841. The molecule has 1 amide bonds. The van der Waals surface area contributed by atoms with Gasteiger partial charge in [-0.25, -0.2) is 0 Å². The molecule has 0 bridgehead atoms. The van der Waals surface area contributed by atoms with Crippen LogP contribution in [0.4, 0.5) is 5.69 Å². The third-order valence-corrected chi connectivity index (χ3v) is 6.19. The van der Waals surface area contributed by atoms with Gasteiger partial charge >= 0.3 is 0 Å². The minimum absolute atomic E-state index is 0.121. The highest BCUT2D eigenvalue weighted by atomic mass is 16.5. The lowest BCUT2D eigenvalue weighted by Gasteiger charge is -2.39. The Labute approximate surface area is 138 Å². The molecule has 1 saturated heterocycles. The number of fused-ring (bicyclic) bond motifs is 2. The van der Waals surface area contributed by atoms with E-state index in [1.54, 1.807) is 7.11 Å². The molecule has 1 aromatic carbocycles. The van der Waals surface area contributed by atoms with Crippen LogP contribution >= 0.6 is 0 Å². The molecule has 0 unspecified atom stereocenters. The standard InChI is InChI=1S/C19H26N2O2/c1-20-10-8-19(9-11-20)13-21(18(22)14-4-3-5-14)17-7-6-15(23-2)12-16(17)19/h6-7,12,14H,3-5,8-11,13H2,1-2H3. The van der Waals surface area contributed by atoms with Crippen LogP contribution in [0.1, 0.15) is 37.7 Å². The smallest absolute Gasteiger partial charge is 0.230 e. The zero-order valence-corrected chi connectivity index (χ0v) is 14.2. The summed E-state index contributed by atoms with van der Waals surface area (Å²) in [4.78, 5) is 17.4. The Morgan fingerprint density at radius 3 is 2.61 bits per heavy atom. The Balaban J connectivity index is 1.71. The fraction of sp³-hybridized carbons (Fsp3) is 0.632. The third kappa shape index (κ3) is 2.35. The highest BCUT2D eigenvalue weighted by Gasteiger charge is 2.47. The van der Waals surface area contributed by atoms with Crippen molar-refractivity contribution in [2.45, 2.75) is 37.5 Å². The first kappa shape index (κ1) is 15.0. The van der Waals surface area contributed by atoms with E-state index in [2.05, 4.69) is 29.0 Å². The van der Waals surface area contributed by atoms with Crippen molar-refractivity contribution >= 4 is 11.6 Å². The number of carbonyl (C=O) groups excluding carboxylic acids is 1. The van der Waals surface area contributed by atoms with E-state index >= 15 is 0 Å². The summed E-state index contributed by atoms with van der Waals surface area (Å²) in [5, 5.41) is 0. The summed E-state index contributed by atoms with van der Waals surface area (Å²) in [6.07, 6.45) is 5.58. The van der Waals surface area contributed by atoms with Crippen LogP contribution in [0.2, 0.25) is 0 Å². The van der Waals surface area contributed by atoms with Crippen LogP contribution in [-0.2, 0) is 10.2 Å². The van der Waals surface area contributed by atoms with E-state index in [0.29, 0.717) is 5.91 Å². The van der Waals surface area contributed by atoms with Gasteiger partial charge in [0.25, 0.3) is 0 Å². The number of anilines is 1. The number of piperidine rings is 1. The fourth-order valence-corrected chi connectivity index (χ4v) is 4.32. The van der Waals surface area contributed by atoms with E-state index in [1.807, 2.05) is 6.07 Å². The SMILES string of the molecule is COc1ccc2c(c1)C1(CCN(C)CC1)CN2C(=O)C1CCC1. The minimum atomic E-state index is 0.121. The molecular weight excluding hydrogens is 288 g/mol. The van der Waals surface area contributed by atoms with Crippen LogP contribution in [0, 0.1) is 5.92 Å². The largest absolute Gasteiger partial charge is 0.497 e. The van der Waals surface area contributed by atoms with Crippen molar-refractivity contribution in [3.05, 3.63) is 23.8 Å². The van der Waals surface area contributed by atoms with Crippen LogP contribution in [0.5, 0.6) is 5.75 Å². The number of amides is 1.